The van der Waals surface area contributed by atoms with Gasteiger partial charge in [0.15, 0.2) is 0 Å². The van der Waals surface area contributed by atoms with Crippen LogP contribution in [0.25, 0.3) is 0 Å². The Labute approximate surface area is 97.1 Å². The van der Waals surface area contributed by atoms with Gasteiger partial charge in [-0.1, -0.05) is 25.1 Å². The Morgan fingerprint density at radius 2 is 1.94 bits per heavy atom. The standard InChI is InChI=1S/C12H17NO2S/c1-11-6-5-9-13(10-11)16(14,15)12-7-3-2-4-8-12/h2-4,7-8,11H,5-6,9-10H2,1H3/t11-/m0/s1. The summed E-state index contributed by atoms with van der Waals surface area (Å²) in [5.41, 5.74) is 0. The molecule has 4 heteroatoms. The van der Waals surface area contributed by atoms with Crippen molar-refractivity contribution in [1.82, 2.24) is 4.31 Å². The van der Waals surface area contributed by atoms with Crippen molar-refractivity contribution in [2.45, 2.75) is 24.7 Å². The molecule has 0 unspecified atom stereocenters. The van der Waals surface area contributed by atoms with Gasteiger partial charge >= 0.3 is 0 Å². The predicted octanol–water partition coefficient (Wildman–Crippen LogP) is 2.11. The van der Waals surface area contributed by atoms with Crippen LogP contribution in [0, 0.1) is 5.92 Å². The van der Waals surface area contributed by atoms with Crippen LogP contribution in [0.5, 0.6) is 0 Å². The van der Waals surface area contributed by atoms with Crippen LogP contribution in [0.4, 0.5) is 0 Å². The van der Waals surface area contributed by atoms with Crippen LogP contribution in [-0.4, -0.2) is 25.8 Å². The van der Waals surface area contributed by atoms with E-state index in [-0.39, 0.29) is 0 Å². The van der Waals surface area contributed by atoms with Crippen LogP contribution >= 0.6 is 0 Å². The zero-order valence-corrected chi connectivity index (χ0v) is 10.3. The van der Waals surface area contributed by atoms with E-state index in [4.69, 9.17) is 0 Å². The smallest absolute Gasteiger partial charge is 0.207 e. The Morgan fingerprint density at radius 3 is 2.56 bits per heavy atom. The zero-order chi connectivity index (χ0) is 11.6. The molecule has 0 spiro atoms. The van der Waals surface area contributed by atoms with Crippen molar-refractivity contribution in [2.24, 2.45) is 5.92 Å². The van der Waals surface area contributed by atoms with Crippen LogP contribution in [0.3, 0.4) is 0 Å². The third kappa shape index (κ3) is 2.28. The van der Waals surface area contributed by atoms with Crippen LogP contribution in [0.1, 0.15) is 19.8 Å². The van der Waals surface area contributed by atoms with E-state index in [1.807, 2.05) is 6.07 Å². The van der Waals surface area contributed by atoms with Gasteiger partial charge in [-0.3, -0.25) is 0 Å². The second-order valence-electron chi connectivity index (χ2n) is 4.42. The zero-order valence-electron chi connectivity index (χ0n) is 9.46. The van der Waals surface area contributed by atoms with E-state index in [1.54, 1.807) is 28.6 Å². The average Bonchev–Trinajstić information content (AvgIpc) is 2.30. The maximum Gasteiger partial charge on any atom is 0.243 e. The minimum absolute atomic E-state index is 0.407. The largest absolute Gasteiger partial charge is 0.243 e. The highest BCUT2D eigenvalue weighted by molar-refractivity contribution is 7.89. The lowest BCUT2D eigenvalue weighted by atomic mass is 10.0. The molecule has 1 aromatic rings. The van der Waals surface area contributed by atoms with Crippen molar-refractivity contribution in [2.75, 3.05) is 13.1 Å². The van der Waals surface area contributed by atoms with E-state index in [0.717, 1.165) is 12.8 Å². The highest BCUT2D eigenvalue weighted by Crippen LogP contribution is 2.22. The number of sulfonamides is 1. The lowest BCUT2D eigenvalue weighted by molar-refractivity contribution is 0.281. The van der Waals surface area contributed by atoms with E-state index in [2.05, 4.69) is 6.92 Å². The predicted molar refractivity (Wildman–Crippen MR) is 63.6 cm³/mol. The Bertz CT molecular complexity index is 441. The monoisotopic (exact) mass is 239 g/mol. The molecule has 0 N–H and O–H groups in total. The molecule has 1 aliphatic rings. The first kappa shape index (κ1) is 11.6. The molecule has 0 saturated carbocycles. The van der Waals surface area contributed by atoms with Crippen LogP contribution in [-0.2, 0) is 10.0 Å². The molecule has 2 rings (SSSR count). The van der Waals surface area contributed by atoms with E-state index in [0.29, 0.717) is 23.9 Å². The van der Waals surface area contributed by atoms with Gasteiger partial charge in [0.1, 0.15) is 0 Å². The van der Waals surface area contributed by atoms with E-state index in [9.17, 15) is 8.42 Å². The molecule has 0 bridgehead atoms. The summed E-state index contributed by atoms with van der Waals surface area (Å²) in [6.45, 7) is 3.41. The molecule has 1 saturated heterocycles. The molecule has 0 aliphatic carbocycles. The van der Waals surface area contributed by atoms with Crippen molar-refractivity contribution >= 4 is 10.0 Å². The molecule has 1 atom stereocenters. The molecular weight excluding hydrogens is 222 g/mol. The normalized spacial score (nSPS) is 23.2. The SMILES string of the molecule is C[C@H]1CCCN(S(=O)(=O)c2ccccc2)C1. The summed E-state index contributed by atoms with van der Waals surface area (Å²) >= 11 is 0. The minimum Gasteiger partial charge on any atom is -0.207 e. The lowest BCUT2D eigenvalue weighted by Gasteiger charge is -2.29. The first-order valence-electron chi connectivity index (χ1n) is 5.66. The maximum atomic E-state index is 12.3. The summed E-state index contributed by atoms with van der Waals surface area (Å²) in [5, 5.41) is 0. The Balaban J connectivity index is 2.26. The highest BCUT2D eigenvalue weighted by atomic mass is 32.2. The fourth-order valence-corrected chi connectivity index (χ4v) is 3.73. The molecule has 88 valence electrons. The molecule has 3 nitrogen and oxygen atoms in total. The second kappa shape index (κ2) is 4.55. The summed E-state index contributed by atoms with van der Waals surface area (Å²) in [6, 6.07) is 8.68. The van der Waals surface area contributed by atoms with Gasteiger partial charge in [0.2, 0.25) is 10.0 Å². The fraction of sp³-hybridized carbons (Fsp3) is 0.500. The van der Waals surface area contributed by atoms with Crippen molar-refractivity contribution in [3.05, 3.63) is 30.3 Å². The van der Waals surface area contributed by atoms with Gasteiger partial charge in [-0.15, -0.1) is 0 Å². The molecular formula is C12H17NO2S. The molecule has 1 fully saturated rings. The van der Waals surface area contributed by atoms with Gasteiger partial charge in [-0.2, -0.15) is 4.31 Å². The number of benzene rings is 1. The Kier molecular flexibility index (Phi) is 3.30. The average molecular weight is 239 g/mol. The van der Waals surface area contributed by atoms with Gasteiger partial charge < -0.3 is 0 Å². The number of nitrogens with zero attached hydrogens (tertiary/aromatic N) is 1. The lowest BCUT2D eigenvalue weighted by Crippen LogP contribution is -2.38. The first-order valence-corrected chi connectivity index (χ1v) is 7.10. The van der Waals surface area contributed by atoms with Gasteiger partial charge in [-0.25, -0.2) is 8.42 Å². The van der Waals surface area contributed by atoms with Crippen molar-refractivity contribution in [3.8, 4) is 0 Å². The summed E-state index contributed by atoms with van der Waals surface area (Å²) < 4.78 is 26.1. The van der Waals surface area contributed by atoms with Crippen LogP contribution < -0.4 is 0 Å². The third-order valence-corrected chi connectivity index (χ3v) is 4.88. The molecule has 16 heavy (non-hydrogen) atoms. The van der Waals surface area contributed by atoms with Crippen LogP contribution in [0.15, 0.2) is 35.2 Å². The Morgan fingerprint density at radius 1 is 1.25 bits per heavy atom. The van der Waals surface area contributed by atoms with Gasteiger partial charge in [0.25, 0.3) is 0 Å². The first-order chi connectivity index (χ1) is 7.60. The van der Waals surface area contributed by atoms with Gasteiger partial charge in [-0.05, 0) is 30.9 Å². The topological polar surface area (TPSA) is 37.4 Å². The maximum absolute atomic E-state index is 12.3. The third-order valence-electron chi connectivity index (χ3n) is 3.00. The quantitative estimate of drug-likeness (QED) is 0.792. The van der Waals surface area contributed by atoms with Crippen LogP contribution in [0.2, 0.25) is 0 Å². The molecule has 0 amide bonds. The summed E-state index contributed by atoms with van der Waals surface area (Å²) in [4.78, 5) is 0.407. The van der Waals surface area contributed by atoms with E-state index in [1.165, 1.54) is 0 Å². The van der Waals surface area contributed by atoms with E-state index >= 15 is 0 Å². The minimum atomic E-state index is -3.26. The number of rotatable bonds is 2. The Hall–Kier alpha value is -0.870. The summed E-state index contributed by atoms with van der Waals surface area (Å²) in [6.07, 6.45) is 2.09. The number of hydrogen-bond acceptors (Lipinski definition) is 2. The van der Waals surface area contributed by atoms with Crippen molar-refractivity contribution in [3.63, 3.8) is 0 Å². The fourth-order valence-electron chi connectivity index (χ4n) is 2.11. The number of hydrogen-bond donors (Lipinski definition) is 0. The number of piperidine rings is 1. The molecule has 1 aromatic carbocycles. The molecule has 1 heterocycles. The van der Waals surface area contributed by atoms with E-state index < -0.39 is 10.0 Å². The molecule has 0 radical (unpaired) electrons. The molecule has 0 aromatic heterocycles. The van der Waals surface area contributed by atoms with Gasteiger partial charge in [0, 0.05) is 13.1 Å². The van der Waals surface area contributed by atoms with Crippen molar-refractivity contribution < 1.29 is 8.42 Å². The molecule has 1 aliphatic heterocycles. The van der Waals surface area contributed by atoms with Crippen molar-refractivity contribution in [1.29, 1.82) is 0 Å². The van der Waals surface area contributed by atoms with Gasteiger partial charge in [0.05, 0.1) is 4.90 Å². The summed E-state index contributed by atoms with van der Waals surface area (Å²) in [7, 11) is -3.26. The highest BCUT2D eigenvalue weighted by Gasteiger charge is 2.28. The second-order valence-corrected chi connectivity index (χ2v) is 6.36. The summed E-state index contributed by atoms with van der Waals surface area (Å²) in [5.74, 6) is 0.465.